The van der Waals surface area contributed by atoms with Crippen molar-refractivity contribution in [1.82, 2.24) is 9.97 Å². The van der Waals surface area contributed by atoms with E-state index in [0.29, 0.717) is 49.1 Å². The van der Waals surface area contributed by atoms with Crippen LogP contribution in [0.5, 0.6) is 5.75 Å². The molecular weight excluding hydrogens is 358 g/mol. The van der Waals surface area contributed by atoms with E-state index in [4.69, 9.17) is 25.4 Å². The number of nitrogens with one attached hydrogen (secondary N) is 1. The fraction of sp³-hybridized carbons (Fsp3) is 0.450. The molecule has 1 aromatic carbocycles. The van der Waals surface area contributed by atoms with Gasteiger partial charge in [0.25, 0.3) is 0 Å². The molecule has 150 valence electrons. The van der Waals surface area contributed by atoms with Gasteiger partial charge in [-0.05, 0) is 18.2 Å². The second kappa shape index (κ2) is 8.53. The Hall–Kier alpha value is -2.71. The van der Waals surface area contributed by atoms with Gasteiger partial charge in [-0.3, -0.25) is 5.41 Å². The van der Waals surface area contributed by atoms with Crippen molar-refractivity contribution < 1.29 is 15.6 Å². The predicted molar refractivity (Wildman–Crippen MR) is 108 cm³/mol. The third-order valence-electron chi connectivity index (χ3n) is 5.01. The zero-order valence-corrected chi connectivity index (χ0v) is 15.8. The highest BCUT2D eigenvalue weighted by Gasteiger charge is 2.19. The van der Waals surface area contributed by atoms with E-state index in [-0.39, 0.29) is 13.2 Å². The Labute approximate surface area is 165 Å². The summed E-state index contributed by atoms with van der Waals surface area (Å²) < 4.78 is 16.8. The summed E-state index contributed by atoms with van der Waals surface area (Å²) in [4.78, 5) is 10.8. The second-order valence-electron chi connectivity index (χ2n) is 6.91. The van der Waals surface area contributed by atoms with E-state index < -0.39 is 0 Å². The molecular formula is C20H27N5O3. The number of ether oxygens (including phenoxy) is 3. The van der Waals surface area contributed by atoms with Crippen LogP contribution in [0.15, 0.2) is 30.6 Å². The number of hydrogen-bond donors (Lipinski definition) is 2. The van der Waals surface area contributed by atoms with Gasteiger partial charge in [-0.2, -0.15) is 0 Å². The maximum atomic E-state index is 8.65. The van der Waals surface area contributed by atoms with Crippen molar-refractivity contribution in [2.24, 2.45) is 0 Å². The molecule has 0 spiro atoms. The van der Waals surface area contributed by atoms with E-state index in [1.807, 2.05) is 18.2 Å². The Kier molecular flexibility index (Phi) is 5.68. The molecule has 8 nitrogen and oxygen atoms in total. The molecule has 2 aliphatic rings. The molecule has 0 bridgehead atoms. The minimum absolute atomic E-state index is 0. The van der Waals surface area contributed by atoms with Crippen LogP contribution in [0.25, 0.3) is 0 Å². The first-order chi connectivity index (χ1) is 13.7. The number of aromatic nitrogens is 2. The molecule has 2 aliphatic heterocycles. The first-order valence-electron chi connectivity index (χ1n) is 9.58. The van der Waals surface area contributed by atoms with Gasteiger partial charge in [0, 0.05) is 44.7 Å². The molecule has 0 unspecified atom stereocenters. The molecule has 0 radical (unpaired) electrons. The van der Waals surface area contributed by atoms with Crippen molar-refractivity contribution in [3.63, 3.8) is 0 Å². The molecule has 2 saturated heterocycles. The Morgan fingerprint density at radius 2 is 1.86 bits per heavy atom. The summed E-state index contributed by atoms with van der Waals surface area (Å²) in [7, 11) is 0. The van der Waals surface area contributed by atoms with Crippen molar-refractivity contribution >= 4 is 17.2 Å². The summed E-state index contributed by atoms with van der Waals surface area (Å²) in [6, 6.07) is 7.28. The molecule has 2 aromatic rings. The van der Waals surface area contributed by atoms with E-state index in [1.54, 1.807) is 6.07 Å². The highest BCUT2D eigenvalue weighted by Crippen LogP contribution is 2.25. The summed E-state index contributed by atoms with van der Waals surface area (Å²) >= 11 is 0. The Morgan fingerprint density at radius 1 is 1.11 bits per heavy atom. The minimum atomic E-state index is 0. The van der Waals surface area contributed by atoms with E-state index in [1.165, 1.54) is 6.33 Å². The smallest absolute Gasteiger partial charge is 0.132 e. The number of benzene rings is 1. The lowest BCUT2D eigenvalue weighted by Crippen LogP contribution is -2.36. The number of hydrogen-bond acceptors (Lipinski definition) is 8. The first-order valence-corrected chi connectivity index (χ1v) is 9.58. The number of morpholine rings is 1. The standard InChI is InChI=1S/C20H25N5O3.H2/c21-17-2-1-15(28-14-3-7-26-8-4-14)11-16(17)20(22)18-12-19(24-13-23-18)25-5-9-27-10-6-25;/h1-2,11-14,22H,3-10,21H2;1H. The van der Waals surface area contributed by atoms with Crippen molar-refractivity contribution in [2.45, 2.75) is 18.9 Å². The Morgan fingerprint density at radius 3 is 2.64 bits per heavy atom. The first kappa shape index (κ1) is 18.6. The lowest BCUT2D eigenvalue weighted by molar-refractivity contribution is 0.0256. The van der Waals surface area contributed by atoms with Crippen LogP contribution in [0.4, 0.5) is 11.5 Å². The lowest BCUT2D eigenvalue weighted by Gasteiger charge is -2.27. The van der Waals surface area contributed by atoms with Crippen LogP contribution in [0.2, 0.25) is 0 Å². The van der Waals surface area contributed by atoms with Gasteiger partial charge in [0.15, 0.2) is 0 Å². The zero-order valence-electron chi connectivity index (χ0n) is 15.8. The maximum absolute atomic E-state index is 8.65. The average molecular weight is 385 g/mol. The molecule has 2 fully saturated rings. The van der Waals surface area contributed by atoms with Crippen LogP contribution in [-0.2, 0) is 9.47 Å². The Bertz CT molecular complexity index is 839. The molecule has 3 N–H and O–H groups in total. The monoisotopic (exact) mass is 385 g/mol. The highest BCUT2D eigenvalue weighted by atomic mass is 16.5. The van der Waals surface area contributed by atoms with E-state index >= 15 is 0 Å². The number of rotatable bonds is 5. The van der Waals surface area contributed by atoms with Gasteiger partial charge in [-0.1, -0.05) is 0 Å². The molecule has 3 heterocycles. The van der Waals surface area contributed by atoms with Gasteiger partial charge in [-0.15, -0.1) is 0 Å². The molecule has 28 heavy (non-hydrogen) atoms. The zero-order chi connectivity index (χ0) is 19.3. The second-order valence-corrected chi connectivity index (χ2v) is 6.91. The van der Waals surface area contributed by atoms with Crippen LogP contribution >= 0.6 is 0 Å². The fourth-order valence-corrected chi connectivity index (χ4v) is 3.40. The number of nitrogens with zero attached hydrogens (tertiary/aromatic N) is 3. The van der Waals surface area contributed by atoms with Gasteiger partial charge in [0.1, 0.15) is 24.0 Å². The summed E-state index contributed by atoms with van der Waals surface area (Å²) in [6.07, 6.45) is 3.36. The van der Waals surface area contributed by atoms with Crippen LogP contribution in [0, 0.1) is 5.41 Å². The van der Waals surface area contributed by atoms with Crippen LogP contribution in [-0.4, -0.2) is 61.3 Å². The van der Waals surface area contributed by atoms with Crippen molar-refractivity contribution in [3.05, 3.63) is 41.9 Å². The largest absolute Gasteiger partial charge is 0.490 e. The number of nitrogens with two attached hydrogens (primary N) is 1. The summed E-state index contributed by atoms with van der Waals surface area (Å²) in [5.41, 5.74) is 8.08. The minimum Gasteiger partial charge on any atom is -0.490 e. The predicted octanol–water partition coefficient (Wildman–Crippen LogP) is 2.12. The van der Waals surface area contributed by atoms with Crippen molar-refractivity contribution in [2.75, 3.05) is 50.2 Å². The molecule has 4 rings (SSSR count). The summed E-state index contributed by atoms with van der Waals surface area (Å²) in [6.45, 7) is 4.34. The average Bonchev–Trinajstić information content (AvgIpc) is 2.76. The molecule has 0 amide bonds. The third-order valence-corrected chi connectivity index (χ3v) is 5.01. The van der Waals surface area contributed by atoms with Gasteiger partial charge in [0.05, 0.1) is 37.8 Å². The Balaban J connectivity index is 0.00000240. The molecule has 0 atom stereocenters. The molecule has 0 saturated carbocycles. The third kappa shape index (κ3) is 4.23. The number of anilines is 2. The lowest BCUT2D eigenvalue weighted by atomic mass is 10.0. The summed E-state index contributed by atoms with van der Waals surface area (Å²) in [5.74, 6) is 1.51. The van der Waals surface area contributed by atoms with Crippen LogP contribution in [0.3, 0.4) is 0 Å². The number of nitrogen functional groups attached to an aromatic ring is 1. The molecule has 8 heteroatoms. The molecule has 1 aromatic heterocycles. The van der Waals surface area contributed by atoms with Gasteiger partial charge in [-0.25, -0.2) is 9.97 Å². The van der Waals surface area contributed by atoms with E-state index in [9.17, 15) is 0 Å². The van der Waals surface area contributed by atoms with Crippen molar-refractivity contribution in [3.8, 4) is 5.75 Å². The SMILES string of the molecule is N=C(c1cc(N2CCOCC2)ncn1)c1cc(OC2CCOCC2)ccc1N.[HH]. The van der Waals surface area contributed by atoms with E-state index in [0.717, 1.165) is 31.7 Å². The normalized spacial score (nSPS) is 18.1. The topological polar surface area (TPSA) is 107 Å². The van der Waals surface area contributed by atoms with Gasteiger partial charge >= 0.3 is 0 Å². The molecule has 0 aliphatic carbocycles. The highest BCUT2D eigenvalue weighted by molar-refractivity contribution is 6.13. The summed E-state index contributed by atoms with van der Waals surface area (Å²) in [5, 5.41) is 8.65. The van der Waals surface area contributed by atoms with Crippen LogP contribution in [0.1, 0.15) is 25.5 Å². The fourth-order valence-electron chi connectivity index (χ4n) is 3.40. The van der Waals surface area contributed by atoms with Gasteiger partial charge < -0.3 is 24.8 Å². The van der Waals surface area contributed by atoms with Crippen LogP contribution < -0.4 is 15.4 Å². The van der Waals surface area contributed by atoms with Gasteiger partial charge in [0.2, 0.25) is 0 Å². The van der Waals surface area contributed by atoms with Crippen molar-refractivity contribution in [1.29, 1.82) is 5.41 Å². The maximum Gasteiger partial charge on any atom is 0.132 e. The van der Waals surface area contributed by atoms with E-state index in [2.05, 4.69) is 14.9 Å². The quantitative estimate of drug-likeness (QED) is 0.600.